The normalized spacial score (nSPS) is 17.9. The Morgan fingerprint density at radius 1 is 1.03 bits per heavy atom. The van der Waals surface area contributed by atoms with Crippen LogP contribution in [-0.4, -0.2) is 29.1 Å². The van der Waals surface area contributed by atoms with Crippen molar-refractivity contribution in [3.63, 3.8) is 0 Å². The van der Waals surface area contributed by atoms with Gasteiger partial charge in [0.05, 0.1) is 19.3 Å². The Labute approximate surface area is 216 Å². The number of carbonyl (C=O) groups is 1. The second-order valence-corrected chi connectivity index (χ2v) is 9.66. The van der Waals surface area contributed by atoms with Crippen molar-refractivity contribution < 1.29 is 14.6 Å². The highest BCUT2D eigenvalue weighted by Crippen LogP contribution is 2.50. The molecule has 1 aliphatic rings. The molecule has 1 amide bonds. The molecular weight excluding hydrogens is 481 g/mol. The number of halogens is 2. The lowest BCUT2D eigenvalue weighted by molar-refractivity contribution is -0.114. The molecule has 4 nitrogen and oxygen atoms in total. The van der Waals surface area contributed by atoms with E-state index < -0.39 is 5.72 Å². The summed E-state index contributed by atoms with van der Waals surface area (Å²) in [5.74, 6) is -0.171. The van der Waals surface area contributed by atoms with E-state index in [2.05, 4.69) is 13.2 Å². The van der Waals surface area contributed by atoms with Gasteiger partial charge in [0, 0.05) is 26.7 Å². The summed E-state index contributed by atoms with van der Waals surface area (Å²) in [6, 6.07) is 20.0. The number of carbonyl (C=O) groups excluding carboxylic acids is 1. The minimum absolute atomic E-state index is 0.0535. The van der Waals surface area contributed by atoms with Crippen molar-refractivity contribution in [1.29, 1.82) is 0 Å². The van der Waals surface area contributed by atoms with Crippen molar-refractivity contribution >= 4 is 34.7 Å². The molecule has 1 aliphatic heterocycles. The van der Waals surface area contributed by atoms with Crippen LogP contribution in [0, 0.1) is 0 Å². The van der Waals surface area contributed by atoms with E-state index >= 15 is 0 Å². The van der Waals surface area contributed by atoms with E-state index in [0.717, 1.165) is 22.3 Å². The average molecular weight is 508 g/mol. The van der Waals surface area contributed by atoms with Gasteiger partial charge < -0.3 is 9.84 Å². The molecule has 0 fully saturated rings. The van der Waals surface area contributed by atoms with E-state index in [-0.39, 0.29) is 25.2 Å². The van der Waals surface area contributed by atoms with E-state index in [9.17, 15) is 9.90 Å². The Kier molecular flexibility index (Phi) is 7.20. The largest absolute Gasteiger partial charge is 0.392 e. The topological polar surface area (TPSA) is 49.8 Å². The molecule has 180 valence electrons. The molecule has 0 aliphatic carbocycles. The van der Waals surface area contributed by atoms with Crippen LogP contribution in [0.15, 0.2) is 85.5 Å². The lowest BCUT2D eigenvalue weighted by Gasteiger charge is -2.43. The van der Waals surface area contributed by atoms with Gasteiger partial charge in [0.25, 0.3) is 5.91 Å². The molecule has 1 N–H and O–H groups in total. The number of amides is 1. The fourth-order valence-electron chi connectivity index (χ4n) is 4.48. The predicted molar refractivity (Wildman–Crippen MR) is 142 cm³/mol. The van der Waals surface area contributed by atoms with Gasteiger partial charge >= 0.3 is 0 Å². The van der Waals surface area contributed by atoms with E-state index in [0.29, 0.717) is 26.7 Å². The SMILES string of the molecule is C=C(CO)CO[C@]1(c2ccc(Cl)cc2)c2ccc(C(=C)C)cc2C(=O)N1C(C)c1ccc(Cl)cc1. The number of allylic oxidation sites excluding steroid dienone is 1. The molecule has 0 spiro atoms. The minimum atomic E-state index is -1.28. The van der Waals surface area contributed by atoms with Gasteiger partial charge in [-0.3, -0.25) is 9.69 Å². The number of fused-ring (bicyclic) bond motifs is 1. The maximum absolute atomic E-state index is 14.1. The van der Waals surface area contributed by atoms with Gasteiger partial charge in [0.2, 0.25) is 0 Å². The molecule has 0 saturated heterocycles. The third kappa shape index (κ3) is 4.55. The van der Waals surface area contributed by atoms with Crippen LogP contribution < -0.4 is 0 Å². The van der Waals surface area contributed by atoms with Gasteiger partial charge in [0.1, 0.15) is 0 Å². The first-order valence-electron chi connectivity index (χ1n) is 11.3. The van der Waals surface area contributed by atoms with Crippen molar-refractivity contribution in [2.45, 2.75) is 25.6 Å². The fourth-order valence-corrected chi connectivity index (χ4v) is 4.73. The van der Waals surface area contributed by atoms with Crippen LogP contribution in [0.4, 0.5) is 0 Å². The van der Waals surface area contributed by atoms with Crippen molar-refractivity contribution in [3.8, 4) is 0 Å². The van der Waals surface area contributed by atoms with Crippen LogP contribution in [0.5, 0.6) is 0 Å². The Morgan fingerprint density at radius 3 is 2.20 bits per heavy atom. The van der Waals surface area contributed by atoms with Crippen molar-refractivity contribution in [1.82, 2.24) is 4.90 Å². The van der Waals surface area contributed by atoms with E-state index in [1.165, 1.54) is 0 Å². The Hall–Kier alpha value is -2.89. The highest BCUT2D eigenvalue weighted by Gasteiger charge is 2.54. The van der Waals surface area contributed by atoms with Crippen molar-refractivity contribution in [3.05, 3.63) is 123 Å². The zero-order chi connectivity index (χ0) is 25.3. The third-order valence-electron chi connectivity index (χ3n) is 6.35. The van der Waals surface area contributed by atoms with Gasteiger partial charge in [-0.1, -0.05) is 78.3 Å². The van der Waals surface area contributed by atoms with Crippen LogP contribution in [-0.2, 0) is 10.5 Å². The summed E-state index contributed by atoms with van der Waals surface area (Å²) in [5, 5.41) is 10.8. The van der Waals surface area contributed by atoms with Crippen molar-refractivity contribution in [2.24, 2.45) is 0 Å². The van der Waals surface area contributed by atoms with Crippen LogP contribution >= 0.6 is 23.2 Å². The fraction of sp³-hybridized carbons (Fsp3) is 0.207. The number of benzene rings is 3. The molecule has 2 atom stereocenters. The van der Waals surface area contributed by atoms with Crippen LogP contribution in [0.1, 0.15) is 52.5 Å². The maximum atomic E-state index is 14.1. The Bertz CT molecular complexity index is 1280. The molecule has 35 heavy (non-hydrogen) atoms. The first-order chi connectivity index (χ1) is 16.7. The molecule has 1 heterocycles. The number of rotatable bonds is 8. The second kappa shape index (κ2) is 10.00. The molecule has 0 bridgehead atoms. The quantitative estimate of drug-likeness (QED) is 0.333. The number of hydrogen-bond donors (Lipinski definition) is 1. The summed E-state index contributed by atoms with van der Waals surface area (Å²) in [6.45, 7) is 11.6. The molecule has 0 aromatic heterocycles. The number of aliphatic hydroxyl groups excluding tert-OH is 1. The Morgan fingerprint density at radius 2 is 1.63 bits per heavy atom. The summed E-state index contributed by atoms with van der Waals surface area (Å²) in [6.07, 6.45) is 0. The number of ether oxygens (including phenoxy) is 1. The highest BCUT2D eigenvalue weighted by atomic mass is 35.5. The molecule has 6 heteroatoms. The zero-order valence-electron chi connectivity index (χ0n) is 19.7. The van der Waals surface area contributed by atoms with Crippen LogP contribution in [0.3, 0.4) is 0 Å². The van der Waals surface area contributed by atoms with Gasteiger partial charge in [-0.2, -0.15) is 0 Å². The van der Waals surface area contributed by atoms with Gasteiger partial charge in [-0.15, -0.1) is 0 Å². The summed E-state index contributed by atoms with van der Waals surface area (Å²) in [5.41, 5.74) is 3.85. The smallest absolute Gasteiger partial charge is 0.257 e. The minimum Gasteiger partial charge on any atom is -0.392 e. The molecule has 1 unspecified atom stereocenters. The van der Waals surface area contributed by atoms with Crippen LogP contribution in [0.2, 0.25) is 10.0 Å². The standard InChI is InChI=1S/C29H27Cl2NO3/c1-18(2)22-7-14-27-26(15-22)28(34)32(20(4)21-5-10-24(30)11-6-21)29(27,35-17-19(3)16-33)23-8-12-25(31)13-9-23/h5-15,20,33H,1,3,16-17H2,2,4H3/t20?,29-/m1/s1. The third-order valence-corrected chi connectivity index (χ3v) is 6.85. The molecule has 0 radical (unpaired) electrons. The molecule has 3 aromatic carbocycles. The van der Waals surface area contributed by atoms with Gasteiger partial charge in [-0.05, 0) is 60.9 Å². The maximum Gasteiger partial charge on any atom is 0.257 e. The zero-order valence-corrected chi connectivity index (χ0v) is 21.2. The molecule has 4 rings (SSSR count). The average Bonchev–Trinajstić information content (AvgIpc) is 3.11. The number of nitrogens with zero attached hydrogens (tertiary/aromatic N) is 1. The highest BCUT2D eigenvalue weighted by molar-refractivity contribution is 6.30. The predicted octanol–water partition coefficient (Wildman–Crippen LogP) is 7.01. The molecule has 3 aromatic rings. The summed E-state index contributed by atoms with van der Waals surface area (Å²) < 4.78 is 6.60. The molecular formula is C29H27Cl2NO3. The summed E-state index contributed by atoms with van der Waals surface area (Å²) >= 11 is 12.3. The Balaban J connectivity index is 1.99. The summed E-state index contributed by atoms with van der Waals surface area (Å²) in [7, 11) is 0. The van der Waals surface area contributed by atoms with E-state index in [4.69, 9.17) is 27.9 Å². The summed E-state index contributed by atoms with van der Waals surface area (Å²) in [4.78, 5) is 15.9. The first-order valence-corrected chi connectivity index (χ1v) is 12.0. The lowest BCUT2D eigenvalue weighted by Crippen LogP contribution is -2.48. The first kappa shape index (κ1) is 25.2. The number of hydrogen-bond acceptors (Lipinski definition) is 3. The van der Waals surface area contributed by atoms with Crippen LogP contribution in [0.25, 0.3) is 5.57 Å². The van der Waals surface area contributed by atoms with Gasteiger partial charge in [0.15, 0.2) is 5.72 Å². The van der Waals surface area contributed by atoms with Crippen molar-refractivity contribution in [2.75, 3.05) is 13.2 Å². The second-order valence-electron chi connectivity index (χ2n) is 8.79. The lowest BCUT2D eigenvalue weighted by atomic mass is 9.90. The van der Waals surface area contributed by atoms with E-state index in [1.807, 2.05) is 56.3 Å². The monoisotopic (exact) mass is 507 g/mol. The molecule has 0 saturated carbocycles. The number of aliphatic hydroxyl groups is 1. The van der Waals surface area contributed by atoms with Gasteiger partial charge in [-0.25, -0.2) is 0 Å². The van der Waals surface area contributed by atoms with E-state index in [1.54, 1.807) is 29.2 Å².